The third kappa shape index (κ3) is 4.05. The summed E-state index contributed by atoms with van der Waals surface area (Å²) in [7, 11) is -4.35. The average Bonchev–Trinajstić information content (AvgIpc) is 2.24. The van der Waals surface area contributed by atoms with Crippen LogP contribution < -0.4 is 0 Å². The molecule has 1 heterocycles. The van der Waals surface area contributed by atoms with E-state index in [0.717, 1.165) is 6.20 Å². The Balaban J connectivity index is 3.26. The molecule has 1 aromatic rings. The number of halogens is 4. The van der Waals surface area contributed by atoms with Crippen molar-refractivity contribution in [3.05, 3.63) is 23.5 Å². The monoisotopic (exact) mass is 316 g/mol. The van der Waals surface area contributed by atoms with Gasteiger partial charge in [-0.25, -0.2) is 8.42 Å². The van der Waals surface area contributed by atoms with E-state index >= 15 is 0 Å². The highest BCUT2D eigenvalue weighted by atomic mass is 35.5. The Labute approximate surface area is 114 Å². The second-order valence-electron chi connectivity index (χ2n) is 4.07. The van der Waals surface area contributed by atoms with Gasteiger partial charge in [-0.15, -0.1) is 0 Å². The van der Waals surface area contributed by atoms with Crippen molar-refractivity contribution >= 4 is 21.6 Å². The van der Waals surface area contributed by atoms with E-state index in [1.165, 1.54) is 26.1 Å². The third-order valence-corrected chi connectivity index (χ3v) is 4.72. The van der Waals surface area contributed by atoms with Crippen LogP contribution in [0.2, 0.25) is 5.02 Å². The molecule has 0 aliphatic rings. The van der Waals surface area contributed by atoms with Crippen LogP contribution in [0.5, 0.6) is 0 Å². The minimum absolute atomic E-state index is 0.164. The number of pyridine rings is 1. The molecule has 0 aromatic carbocycles. The predicted molar refractivity (Wildman–Crippen MR) is 64.3 cm³/mol. The van der Waals surface area contributed by atoms with Crippen LogP contribution in [0.4, 0.5) is 13.2 Å². The van der Waals surface area contributed by atoms with Crippen molar-refractivity contribution in [2.24, 2.45) is 0 Å². The van der Waals surface area contributed by atoms with E-state index < -0.39 is 33.7 Å². The van der Waals surface area contributed by atoms with Crippen molar-refractivity contribution in [1.29, 1.82) is 0 Å². The van der Waals surface area contributed by atoms with E-state index in [2.05, 4.69) is 4.98 Å². The summed E-state index contributed by atoms with van der Waals surface area (Å²) in [5.74, 6) is 0. The van der Waals surface area contributed by atoms with Gasteiger partial charge in [0.1, 0.15) is 11.4 Å². The lowest BCUT2D eigenvalue weighted by Gasteiger charge is -2.26. The minimum atomic E-state index is -4.63. The average molecular weight is 317 g/mol. The lowest BCUT2D eigenvalue weighted by atomic mass is 10.4. The summed E-state index contributed by atoms with van der Waals surface area (Å²) in [6.45, 7) is 1.14. The van der Waals surface area contributed by atoms with Crippen molar-refractivity contribution in [2.45, 2.75) is 31.0 Å². The first-order valence-corrected chi connectivity index (χ1v) is 7.05. The standard InChI is InChI=1S/C10H12ClF3N2O2S/c1-7(2)16(6-10(12,13)14)19(17,18)9-5-15-4-3-8(9)11/h3-5,7H,6H2,1-2H3. The van der Waals surface area contributed by atoms with Gasteiger partial charge >= 0.3 is 6.18 Å². The summed E-state index contributed by atoms with van der Waals surface area (Å²) in [6, 6.07) is 0.350. The summed E-state index contributed by atoms with van der Waals surface area (Å²) in [4.78, 5) is 3.14. The van der Waals surface area contributed by atoms with E-state index in [0.29, 0.717) is 4.31 Å². The fourth-order valence-corrected chi connectivity index (χ4v) is 3.43. The van der Waals surface area contributed by atoms with Crippen molar-refractivity contribution in [2.75, 3.05) is 6.54 Å². The van der Waals surface area contributed by atoms with E-state index in [1.54, 1.807) is 0 Å². The molecule has 19 heavy (non-hydrogen) atoms. The normalized spacial score (nSPS) is 13.3. The highest BCUT2D eigenvalue weighted by Gasteiger charge is 2.39. The van der Waals surface area contributed by atoms with Crippen LogP contribution in [0.1, 0.15) is 13.8 Å². The van der Waals surface area contributed by atoms with Crippen LogP contribution in [0.25, 0.3) is 0 Å². The van der Waals surface area contributed by atoms with Crippen molar-refractivity contribution in [3.63, 3.8) is 0 Å². The summed E-state index contributed by atoms with van der Waals surface area (Å²) in [5.41, 5.74) is 0. The van der Waals surface area contributed by atoms with Gasteiger partial charge < -0.3 is 0 Å². The van der Waals surface area contributed by atoms with Crippen LogP contribution in [-0.4, -0.2) is 36.5 Å². The fraction of sp³-hybridized carbons (Fsp3) is 0.500. The minimum Gasteiger partial charge on any atom is -0.263 e. The lowest BCUT2D eigenvalue weighted by Crippen LogP contribution is -2.43. The van der Waals surface area contributed by atoms with Gasteiger partial charge in [0.05, 0.1) is 5.02 Å². The Morgan fingerprint density at radius 3 is 2.42 bits per heavy atom. The zero-order valence-electron chi connectivity index (χ0n) is 10.1. The molecule has 4 nitrogen and oxygen atoms in total. The van der Waals surface area contributed by atoms with Gasteiger partial charge in [-0.2, -0.15) is 17.5 Å². The van der Waals surface area contributed by atoms with Gasteiger partial charge in [0.15, 0.2) is 0 Å². The maximum atomic E-state index is 12.5. The molecule has 0 unspecified atom stereocenters. The summed E-state index contributed by atoms with van der Waals surface area (Å²) < 4.78 is 62.1. The van der Waals surface area contributed by atoms with E-state index in [-0.39, 0.29) is 5.02 Å². The first-order valence-electron chi connectivity index (χ1n) is 5.24. The SMILES string of the molecule is CC(C)N(CC(F)(F)F)S(=O)(=O)c1cnccc1Cl. The van der Waals surface area contributed by atoms with Gasteiger partial charge in [-0.1, -0.05) is 11.6 Å². The van der Waals surface area contributed by atoms with Crippen molar-refractivity contribution in [1.82, 2.24) is 9.29 Å². The molecule has 0 saturated carbocycles. The molecule has 0 spiro atoms. The van der Waals surface area contributed by atoms with Crippen LogP contribution in [0, 0.1) is 0 Å². The summed E-state index contributed by atoms with van der Waals surface area (Å²) in [5, 5.41) is -0.164. The Morgan fingerprint density at radius 2 is 2.00 bits per heavy atom. The van der Waals surface area contributed by atoms with Crippen LogP contribution in [0.15, 0.2) is 23.4 Å². The molecule has 0 saturated heterocycles. The molecular weight excluding hydrogens is 305 g/mol. The number of nitrogens with zero attached hydrogens (tertiary/aromatic N) is 2. The Morgan fingerprint density at radius 1 is 1.42 bits per heavy atom. The second-order valence-corrected chi connectivity index (χ2v) is 6.33. The fourth-order valence-electron chi connectivity index (χ4n) is 1.40. The van der Waals surface area contributed by atoms with Gasteiger partial charge in [-0.05, 0) is 19.9 Å². The molecule has 0 bridgehead atoms. The van der Waals surface area contributed by atoms with Crippen LogP contribution in [0.3, 0.4) is 0 Å². The summed E-state index contributed by atoms with van der Waals surface area (Å²) in [6.07, 6.45) is -2.44. The quantitative estimate of drug-likeness (QED) is 0.858. The maximum Gasteiger partial charge on any atom is 0.402 e. The van der Waals surface area contributed by atoms with Crippen LogP contribution >= 0.6 is 11.6 Å². The molecule has 0 fully saturated rings. The van der Waals surface area contributed by atoms with E-state index in [9.17, 15) is 21.6 Å². The molecule has 0 radical (unpaired) electrons. The lowest BCUT2D eigenvalue weighted by molar-refractivity contribution is -0.138. The van der Waals surface area contributed by atoms with Gasteiger partial charge in [0.25, 0.3) is 0 Å². The molecule has 0 aliphatic heterocycles. The van der Waals surface area contributed by atoms with E-state index in [4.69, 9.17) is 11.6 Å². The third-order valence-electron chi connectivity index (χ3n) is 2.23. The molecule has 108 valence electrons. The molecule has 0 N–H and O–H groups in total. The topological polar surface area (TPSA) is 50.3 Å². The second kappa shape index (κ2) is 5.64. The number of hydrogen-bond donors (Lipinski definition) is 0. The predicted octanol–water partition coefficient (Wildman–Crippen LogP) is 2.70. The van der Waals surface area contributed by atoms with Crippen molar-refractivity contribution < 1.29 is 21.6 Å². The Hall–Kier alpha value is -0.860. The molecule has 1 rings (SSSR count). The largest absolute Gasteiger partial charge is 0.402 e. The highest BCUT2D eigenvalue weighted by molar-refractivity contribution is 7.89. The van der Waals surface area contributed by atoms with E-state index in [1.807, 2.05) is 0 Å². The zero-order valence-corrected chi connectivity index (χ0v) is 11.7. The number of aromatic nitrogens is 1. The first-order chi connectivity index (χ1) is 8.55. The summed E-state index contributed by atoms with van der Waals surface area (Å²) >= 11 is 5.70. The van der Waals surface area contributed by atoms with Gasteiger partial charge in [0.2, 0.25) is 10.0 Å². The number of sulfonamides is 1. The van der Waals surface area contributed by atoms with Crippen molar-refractivity contribution in [3.8, 4) is 0 Å². The Kier molecular flexibility index (Phi) is 4.81. The molecule has 0 amide bonds. The number of hydrogen-bond acceptors (Lipinski definition) is 3. The number of alkyl halides is 3. The molecule has 1 aromatic heterocycles. The highest BCUT2D eigenvalue weighted by Crippen LogP contribution is 2.27. The first kappa shape index (κ1) is 16.2. The number of rotatable bonds is 4. The molecule has 0 atom stereocenters. The molecular formula is C10H12ClF3N2O2S. The smallest absolute Gasteiger partial charge is 0.263 e. The van der Waals surface area contributed by atoms with Crippen LogP contribution in [-0.2, 0) is 10.0 Å². The maximum absolute atomic E-state index is 12.5. The Bertz CT molecular complexity index is 546. The zero-order chi connectivity index (χ0) is 14.8. The van der Waals surface area contributed by atoms with Gasteiger partial charge in [0, 0.05) is 18.4 Å². The molecule has 0 aliphatic carbocycles. The van der Waals surface area contributed by atoms with Gasteiger partial charge in [-0.3, -0.25) is 4.98 Å². The molecule has 9 heteroatoms.